The minimum atomic E-state index is -1.56. The molecule has 0 spiro atoms. The lowest BCUT2D eigenvalue weighted by atomic mass is 10.3. The first-order chi connectivity index (χ1) is 8.40. The van der Waals surface area contributed by atoms with Gasteiger partial charge in [-0.15, -0.1) is 0 Å². The van der Waals surface area contributed by atoms with Gasteiger partial charge in [-0.2, -0.15) is 0 Å². The highest BCUT2D eigenvalue weighted by Crippen LogP contribution is 2.21. The van der Waals surface area contributed by atoms with Gasteiger partial charge in [0.25, 0.3) is 0 Å². The first-order valence-electron chi connectivity index (χ1n) is 4.44. The van der Waals surface area contributed by atoms with Gasteiger partial charge in [0.05, 0.1) is 0 Å². The van der Waals surface area contributed by atoms with Crippen LogP contribution in [0.5, 0.6) is 0 Å². The molecule has 0 aromatic heterocycles. The standard InChI is InChI=1S/C10H7ClFNO4S/c11-5-1-6(12)3-7(2-5)13-18-4-8(9(14)15)10(16)17/h1-4,13H,(H,14,15)(H,16,17). The van der Waals surface area contributed by atoms with Crippen LogP contribution >= 0.6 is 23.5 Å². The first-order valence-corrected chi connectivity index (χ1v) is 5.70. The van der Waals surface area contributed by atoms with E-state index >= 15 is 0 Å². The summed E-state index contributed by atoms with van der Waals surface area (Å²) in [6.07, 6.45) is 0. The molecule has 0 fully saturated rings. The number of rotatable bonds is 5. The second-order valence-corrected chi connectivity index (χ2v) is 4.13. The summed E-state index contributed by atoms with van der Waals surface area (Å²) in [5.74, 6) is -3.69. The van der Waals surface area contributed by atoms with Crippen LogP contribution in [-0.4, -0.2) is 22.2 Å². The summed E-state index contributed by atoms with van der Waals surface area (Å²) in [6, 6.07) is 3.65. The second-order valence-electron chi connectivity index (χ2n) is 3.02. The molecule has 3 N–H and O–H groups in total. The number of hydrogen-bond acceptors (Lipinski definition) is 4. The van der Waals surface area contributed by atoms with Crippen molar-refractivity contribution in [3.8, 4) is 0 Å². The molecule has 0 atom stereocenters. The smallest absolute Gasteiger partial charge is 0.343 e. The summed E-state index contributed by atoms with van der Waals surface area (Å²) in [7, 11) is 0. The van der Waals surface area contributed by atoms with E-state index in [0.29, 0.717) is 11.9 Å². The Hall–Kier alpha value is -1.73. The molecule has 0 aliphatic heterocycles. The van der Waals surface area contributed by atoms with Gasteiger partial charge in [-0.1, -0.05) is 11.6 Å². The van der Waals surface area contributed by atoms with E-state index in [1.165, 1.54) is 6.07 Å². The Bertz CT molecular complexity index is 484. The maximum atomic E-state index is 12.9. The van der Waals surface area contributed by atoms with Crippen LogP contribution in [-0.2, 0) is 9.59 Å². The van der Waals surface area contributed by atoms with Crippen molar-refractivity contribution in [1.29, 1.82) is 0 Å². The van der Waals surface area contributed by atoms with Gasteiger partial charge >= 0.3 is 11.9 Å². The highest BCUT2D eigenvalue weighted by molar-refractivity contribution is 8.03. The Kier molecular flexibility index (Phi) is 4.99. The summed E-state index contributed by atoms with van der Waals surface area (Å²) >= 11 is 6.29. The number of halogens is 2. The lowest BCUT2D eigenvalue weighted by molar-refractivity contribution is -0.140. The normalized spacial score (nSPS) is 9.67. The summed E-state index contributed by atoms with van der Waals surface area (Å²) in [6.45, 7) is 0. The lowest BCUT2D eigenvalue weighted by Crippen LogP contribution is -2.10. The van der Waals surface area contributed by atoms with Crippen LogP contribution in [0.1, 0.15) is 0 Å². The second kappa shape index (κ2) is 6.27. The summed E-state index contributed by atoms with van der Waals surface area (Å²) in [4.78, 5) is 21.0. The maximum Gasteiger partial charge on any atom is 0.343 e. The molecule has 0 heterocycles. The zero-order valence-electron chi connectivity index (χ0n) is 8.68. The fourth-order valence-electron chi connectivity index (χ4n) is 0.961. The molecule has 1 aromatic rings. The van der Waals surface area contributed by atoms with Crippen LogP contribution in [0, 0.1) is 5.82 Å². The maximum absolute atomic E-state index is 12.9. The molecule has 18 heavy (non-hydrogen) atoms. The van der Waals surface area contributed by atoms with E-state index in [9.17, 15) is 14.0 Å². The Morgan fingerprint density at radius 2 is 1.89 bits per heavy atom. The number of nitrogens with one attached hydrogen (secondary N) is 1. The number of carbonyl (C=O) groups is 2. The van der Waals surface area contributed by atoms with Crippen LogP contribution in [0.2, 0.25) is 5.02 Å². The summed E-state index contributed by atoms with van der Waals surface area (Å²) < 4.78 is 15.5. The average molecular weight is 292 g/mol. The molecule has 0 amide bonds. The molecule has 1 rings (SSSR count). The van der Waals surface area contributed by atoms with Crippen LogP contribution in [0.4, 0.5) is 10.1 Å². The van der Waals surface area contributed by atoms with Crippen LogP contribution in [0.25, 0.3) is 0 Å². The third-order valence-corrected chi connectivity index (χ3v) is 2.60. The van der Waals surface area contributed by atoms with E-state index in [-0.39, 0.29) is 10.7 Å². The van der Waals surface area contributed by atoms with Gasteiger partial charge in [0.2, 0.25) is 0 Å². The predicted octanol–water partition coefficient (Wildman–Crippen LogP) is 2.59. The topological polar surface area (TPSA) is 86.6 Å². The van der Waals surface area contributed by atoms with Crippen molar-refractivity contribution in [2.75, 3.05) is 4.72 Å². The molecular weight excluding hydrogens is 285 g/mol. The molecule has 0 saturated carbocycles. The van der Waals surface area contributed by atoms with Gasteiger partial charge in [0, 0.05) is 16.1 Å². The fourth-order valence-corrected chi connectivity index (χ4v) is 1.82. The van der Waals surface area contributed by atoms with Gasteiger partial charge in [-0.25, -0.2) is 14.0 Å². The van der Waals surface area contributed by atoms with Crippen LogP contribution in [0.3, 0.4) is 0 Å². The summed E-state index contributed by atoms with van der Waals surface area (Å²) in [5, 5.41) is 18.2. The van der Waals surface area contributed by atoms with Crippen molar-refractivity contribution in [3.05, 3.63) is 40.0 Å². The molecule has 8 heteroatoms. The number of benzene rings is 1. The average Bonchev–Trinajstić information content (AvgIpc) is 2.21. The number of hydrogen-bond donors (Lipinski definition) is 3. The quantitative estimate of drug-likeness (QED) is 0.334. The molecule has 1 aromatic carbocycles. The molecule has 96 valence electrons. The van der Waals surface area contributed by atoms with Crippen molar-refractivity contribution in [1.82, 2.24) is 0 Å². The third-order valence-electron chi connectivity index (χ3n) is 1.68. The molecule has 0 bridgehead atoms. The van der Waals surface area contributed by atoms with Gasteiger partial charge in [0.1, 0.15) is 5.82 Å². The monoisotopic (exact) mass is 291 g/mol. The zero-order valence-corrected chi connectivity index (χ0v) is 10.3. The van der Waals surface area contributed by atoms with E-state index in [1.807, 2.05) is 0 Å². The summed E-state index contributed by atoms with van der Waals surface area (Å²) in [5.41, 5.74) is -0.508. The third kappa shape index (κ3) is 4.27. The highest BCUT2D eigenvalue weighted by Gasteiger charge is 2.15. The molecule has 0 unspecified atom stereocenters. The van der Waals surface area contributed by atoms with E-state index in [1.54, 1.807) is 0 Å². The SMILES string of the molecule is O=C(O)C(=CSNc1cc(F)cc(Cl)c1)C(=O)O. The van der Waals surface area contributed by atoms with E-state index in [0.717, 1.165) is 17.5 Å². The minimum absolute atomic E-state index is 0.166. The number of carboxylic acid groups (broad SMARTS) is 2. The Morgan fingerprint density at radius 3 is 2.39 bits per heavy atom. The zero-order chi connectivity index (χ0) is 13.7. The molecular formula is C10H7ClFNO4S. The Morgan fingerprint density at radius 1 is 1.28 bits per heavy atom. The number of aliphatic carboxylic acids is 2. The molecule has 0 aliphatic rings. The van der Waals surface area contributed by atoms with Crippen molar-refractivity contribution >= 4 is 41.2 Å². The van der Waals surface area contributed by atoms with E-state index in [4.69, 9.17) is 21.8 Å². The molecule has 0 aliphatic carbocycles. The van der Waals surface area contributed by atoms with Gasteiger partial charge in [-0.3, -0.25) is 0 Å². The fraction of sp³-hybridized carbons (Fsp3) is 0. The van der Waals surface area contributed by atoms with Crippen LogP contribution < -0.4 is 4.72 Å². The molecule has 5 nitrogen and oxygen atoms in total. The van der Waals surface area contributed by atoms with Gasteiger partial charge in [0.15, 0.2) is 5.57 Å². The van der Waals surface area contributed by atoms with Crippen molar-refractivity contribution < 1.29 is 24.2 Å². The largest absolute Gasteiger partial charge is 0.477 e. The number of carboxylic acids is 2. The Balaban J connectivity index is 2.73. The molecule has 0 radical (unpaired) electrons. The van der Waals surface area contributed by atoms with Gasteiger partial charge in [-0.05, 0) is 30.1 Å². The Labute approximate surface area is 110 Å². The highest BCUT2D eigenvalue weighted by atomic mass is 35.5. The van der Waals surface area contributed by atoms with Crippen molar-refractivity contribution in [3.63, 3.8) is 0 Å². The molecule has 0 saturated heterocycles. The predicted molar refractivity (Wildman–Crippen MR) is 66.0 cm³/mol. The van der Waals surface area contributed by atoms with Gasteiger partial charge < -0.3 is 14.9 Å². The van der Waals surface area contributed by atoms with Crippen molar-refractivity contribution in [2.24, 2.45) is 0 Å². The number of anilines is 1. The van der Waals surface area contributed by atoms with E-state index < -0.39 is 23.3 Å². The first kappa shape index (κ1) is 14.3. The van der Waals surface area contributed by atoms with E-state index in [2.05, 4.69) is 4.72 Å². The van der Waals surface area contributed by atoms with Crippen molar-refractivity contribution in [2.45, 2.75) is 0 Å². The lowest BCUT2D eigenvalue weighted by Gasteiger charge is -2.03. The minimum Gasteiger partial charge on any atom is -0.477 e. The van der Waals surface area contributed by atoms with Crippen LogP contribution in [0.15, 0.2) is 29.2 Å².